The molecule has 0 aliphatic rings. The van der Waals surface area contributed by atoms with Crippen molar-refractivity contribution in [3.05, 3.63) is 99.5 Å². The topological polar surface area (TPSA) is 58.6 Å². The predicted molar refractivity (Wildman–Crippen MR) is 143 cm³/mol. The first kappa shape index (κ1) is 26.5. The van der Waals surface area contributed by atoms with Gasteiger partial charge < -0.3 is 15.0 Å². The van der Waals surface area contributed by atoms with Gasteiger partial charge in [-0.05, 0) is 70.6 Å². The lowest BCUT2D eigenvalue weighted by atomic mass is 10.0. The standard InChI is InChI=1S/C29H33BrN2O3/c1-4-22-15-16-27(25(30)17-22)35-20-28(33)32(19-24-14-10-9-11-21(24)3)26(29(34)31-5-2)18-23-12-7-6-8-13-23/h6-17,26H,4-5,18-20H2,1-3H3,(H,31,34). The van der Waals surface area contributed by atoms with Crippen molar-refractivity contribution in [1.82, 2.24) is 10.2 Å². The number of likely N-dealkylation sites (N-methyl/N-ethyl adjacent to an activating group) is 1. The molecule has 1 atom stereocenters. The van der Waals surface area contributed by atoms with E-state index in [9.17, 15) is 9.59 Å². The number of amides is 2. The van der Waals surface area contributed by atoms with E-state index in [0.717, 1.165) is 27.6 Å². The highest BCUT2D eigenvalue weighted by Gasteiger charge is 2.30. The van der Waals surface area contributed by atoms with Crippen molar-refractivity contribution in [3.8, 4) is 5.75 Å². The van der Waals surface area contributed by atoms with E-state index in [1.54, 1.807) is 4.90 Å². The number of carbonyl (C=O) groups is 2. The molecule has 0 bridgehead atoms. The highest BCUT2D eigenvalue weighted by Crippen LogP contribution is 2.26. The van der Waals surface area contributed by atoms with Crippen molar-refractivity contribution in [3.63, 3.8) is 0 Å². The Morgan fingerprint density at radius 3 is 2.34 bits per heavy atom. The second kappa shape index (κ2) is 13.1. The number of benzene rings is 3. The number of carbonyl (C=O) groups excluding carboxylic acids is 2. The molecule has 35 heavy (non-hydrogen) atoms. The molecular weight excluding hydrogens is 504 g/mol. The number of nitrogens with one attached hydrogen (secondary N) is 1. The molecule has 184 valence electrons. The van der Waals surface area contributed by atoms with Gasteiger partial charge in [0, 0.05) is 19.5 Å². The Morgan fingerprint density at radius 2 is 1.69 bits per heavy atom. The van der Waals surface area contributed by atoms with Gasteiger partial charge in [-0.1, -0.05) is 67.6 Å². The second-order valence-corrected chi connectivity index (χ2v) is 9.31. The van der Waals surface area contributed by atoms with E-state index in [-0.39, 0.29) is 18.4 Å². The van der Waals surface area contributed by atoms with Crippen LogP contribution in [-0.4, -0.2) is 35.9 Å². The van der Waals surface area contributed by atoms with Crippen LogP contribution in [0, 0.1) is 6.92 Å². The van der Waals surface area contributed by atoms with E-state index in [4.69, 9.17) is 4.74 Å². The molecule has 6 heteroatoms. The highest BCUT2D eigenvalue weighted by atomic mass is 79.9. The van der Waals surface area contributed by atoms with Gasteiger partial charge in [-0.3, -0.25) is 9.59 Å². The molecule has 2 amide bonds. The van der Waals surface area contributed by atoms with Gasteiger partial charge in [0.25, 0.3) is 5.91 Å². The summed E-state index contributed by atoms with van der Waals surface area (Å²) in [5.41, 5.74) is 4.23. The van der Waals surface area contributed by atoms with Gasteiger partial charge in [0.1, 0.15) is 11.8 Å². The quantitative estimate of drug-likeness (QED) is 0.353. The Balaban J connectivity index is 1.90. The Bertz CT molecular complexity index is 1130. The number of nitrogens with zero attached hydrogens (tertiary/aromatic N) is 1. The van der Waals surface area contributed by atoms with Gasteiger partial charge in [0.2, 0.25) is 5.91 Å². The van der Waals surface area contributed by atoms with Crippen molar-refractivity contribution >= 4 is 27.7 Å². The molecule has 0 heterocycles. The third-order valence-electron chi connectivity index (χ3n) is 5.98. The first-order valence-corrected chi connectivity index (χ1v) is 12.8. The molecular formula is C29H33BrN2O3. The van der Waals surface area contributed by atoms with Crippen LogP contribution in [0.25, 0.3) is 0 Å². The van der Waals surface area contributed by atoms with Crippen molar-refractivity contribution in [2.75, 3.05) is 13.2 Å². The smallest absolute Gasteiger partial charge is 0.261 e. The van der Waals surface area contributed by atoms with Crippen molar-refractivity contribution in [2.45, 2.75) is 46.2 Å². The Hall–Kier alpha value is -3.12. The van der Waals surface area contributed by atoms with Crippen molar-refractivity contribution < 1.29 is 14.3 Å². The third kappa shape index (κ3) is 7.43. The Kier molecular flexibility index (Phi) is 9.91. The number of ether oxygens (including phenoxy) is 1. The summed E-state index contributed by atoms with van der Waals surface area (Å²) < 4.78 is 6.72. The fourth-order valence-corrected chi connectivity index (χ4v) is 4.46. The van der Waals surface area contributed by atoms with Crippen LogP contribution >= 0.6 is 15.9 Å². The molecule has 0 radical (unpaired) electrons. The summed E-state index contributed by atoms with van der Waals surface area (Å²) in [5.74, 6) is 0.183. The molecule has 3 aromatic rings. The maximum atomic E-state index is 13.6. The second-order valence-electron chi connectivity index (χ2n) is 8.46. The lowest BCUT2D eigenvalue weighted by molar-refractivity contribution is -0.142. The van der Waals surface area contributed by atoms with Crippen molar-refractivity contribution in [1.29, 1.82) is 0 Å². The minimum atomic E-state index is -0.668. The van der Waals surface area contributed by atoms with Crippen LogP contribution < -0.4 is 10.1 Å². The van der Waals surface area contributed by atoms with E-state index in [2.05, 4.69) is 28.2 Å². The molecule has 1 unspecified atom stereocenters. The molecule has 1 N–H and O–H groups in total. The predicted octanol–water partition coefficient (Wildman–Crippen LogP) is 5.47. The average molecular weight is 537 g/mol. The summed E-state index contributed by atoms with van der Waals surface area (Å²) >= 11 is 3.54. The largest absolute Gasteiger partial charge is 0.483 e. The van der Waals surface area contributed by atoms with Gasteiger partial charge in [-0.25, -0.2) is 0 Å². The van der Waals surface area contributed by atoms with Gasteiger partial charge in [-0.15, -0.1) is 0 Å². The van der Waals surface area contributed by atoms with E-state index in [1.165, 1.54) is 5.56 Å². The van der Waals surface area contributed by atoms with E-state index < -0.39 is 6.04 Å². The minimum absolute atomic E-state index is 0.166. The number of hydrogen-bond acceptors (Lipinski definition) is 3. The Morgan fingerprint density at radius 1 is 0.971 bits per heavy atom. The zero-order valence-corrected chi connectivity index (χ0v) is 22.2. The van der Waals surface area contributed by atoms with Crippen LogP contribution in [0.5, 0.6) is 5.75 Å². The molecule has 0 spiro atoms. The lowest BCUT2D eigenvalue weighted by Gasteiger charge is -2.32. The summed E-state index contributed by atoms with van der Waals surface area (Å²) in [5, 5.41) is 2.92. The van der Waals surface area contributed by atoms with Gasteiger partial charge in [-0.2, -0.15) is 0 Å². The minimum Gasteiger partial charge on any atom is -0.483 e. The van der Waals surface area contributed by atoms with Crippen LogP contribution in [0.4, 0.5) is 0 Å². The summed E-state index contributed by atoms with van der Waals surface area (Å²) in [6.45, 7) is 6.62. The number of aryl methyl sites for hydroxylation is 2. The van der Waals surface area contributed by atoms with Crippen LogP contribution in [0.3, 0.4) is 0 Å². The van der Waals surface area contributed by atoms with Crippen LogP contribution in [0.2, 0.25) is 0 Å². The number of rotatable bonds is 11. The SMILES string of the molecule is CCNC(=O)C(Cc1ccccc1)N(Cc1ccccc1C)C(=O)COc1ccc(CC)cc1Br. The van der Waals surface area contributed by atoms with Gasteiger partial charge in [0.05, 0.1) is 4.47 Å². The molecule has 0 aromatic heterocycles. The van der Waals surface area contributed by atoms with E-state index in [1.807, 2.05) is 86.6 Å². The fraction of sp³-hybridized carbons (Fsp3) is 0.310. The normalized spacial score (nSPS) is 11.5. The van der Waals surface area contributed by atoms with Gasteiger partial charge >= 0.3 is 0 Å². The molecule has 3 rings (SSSR count). The maximum absolute atomic E-state index is 13.6. The molecule has 5 nitrogen and oxygen atoms in total. The maximum Gasteiger partial charge on any atom is 0.261 e. The average Bonchev–Trinajstić information content (AvgIpc) is 2.87. The Labute approximate surface area is 216 Å². The van der Waals surface area contributed by atoms with E-state index in [0.29, 0.717) is 25.3 Å². The molecule has 0 aliphatic heterocycles. The van der Waals surface area contributed by atoms with Gasteiger partial charge in [0.15, 0.2) is 6.61 Å². The monoisotopic (exact) mass is 536 g/mol. The highest BCUT2D eigenvalue weighted by molar-refractivity contribution is 9.10. The zero-order valence-electron chi connectivity index (χ0n) is 20.6. The zero-order chi connectivity index (χ0) is 25.2. The summed E-state index contributed by atoms with van der Waals surface area (Å²) in [7, 11) is 0. The van der Waals surface area contributed by atoms with Crippen LogP contribution in [0.15, 0.2) is 77.3 Å². The summed E-state index contributed by atoms with van der Waals surface area (Å²) in [4.78, 5) is 28.5. The molecule has 0 aliphatic carbocycles. The number of hydrogen-bond donors (Lipinski definition) is 1. The summed E-state index contributed by atoms with van der Waals surface area (Å²) in [6, 6.07) is 22.9. The lowest BCUT2D eigenvalue weighted by Crippen LogP contribution is -2.51. The third-order valence-corrected chi connectivity index (χ3v) is 6.60. The fourth-order valence-electron chi connectivity index (χ4n) is 3.92. The van der Waals surface area contributed by atoms with Crippen LogP contribution in [0.1, 0.15) is 36.1 Å². The molecule has 0 fully saturated rings. The summed E-state index contributed by atoms with van der Waals surface area (Å²) in [6.07, 6.45) is 1.33. The van der Waals surface area contributed by atoms with Crippen molar-refractivity contribution in [2.24, 2.45) is 0 Å². The van der Waals surface area contributed by atoms with E-state index >= 15 is 0 Å². The number of halogens is 1. The first-order valence-electron chi connectivity index (χ1n) is 12.0. The molecule has 0 saturated carbocycles. The molecule has 3 aromatic carbocycles. The first-order chi connectivity index (χ1) is 16.9. The molecule has 0 saturated heterocycles. The van der Waals surface area contributed by atoms with Crippen LogP contribution in [-0.2, 0) is 29.0 Å².